The molecule has 0 unspecified atom stereocenters. The van der Waals surface area contributed by atoms with Crippen molar-refractivity contribution in [2.24, 2.45) is 10.8 Å². The van der Waals surface area contributed by atoms with Crippen molar-refractivity contribution >= 4 is 23.0 Å². The molecule has 0 heterocycles. The zero-order valence-electron chi connectivity index (χ0n) is 19.0. The summed E-state index contributed by atoms with van der Waals surface area (Å²) in [5.41, 5.74) is 10.0. The highest BCUT2D eigenvalue weighted by atomic mass is 16.2. The molecule has 2 aromatic rings. The van der Waals surface area contributed by atoms with E-state index in [1.165, 1.54) is 0 Å². The lowest BCUT2D eigenvalue weighted by Gasteiger charge is -2.41. The van der Waals surface area contributed by atoms with Gasteiger partial charge in [-0.1, -0.05) is 19.1 Å². The van der Waals surface area contributed by atoms with Crippen LogP contribution >= 0.6 is 0 Å². The molecule has 0 radical (unpaired) electrons. The molecule has 0 bridgehead atoms. The first-order chi connectivity index (χ1) is 13.8. The van der Waals surface area contributed by atoms with E-state index in [9.17, 15) is 14.4 Å². The molecule has 2 N–H and O–H groups in total. The molecule has 1 saturated carbocycles. The van der Waals surface area contributed by atoms with Crippen LogP contribution in [0.4, 0.5) is 5.69 Å². The molecule has 30 heavy (non-hydrogen) atoms. The fourth-order valence-electron chi connectivity index (χ4n) is 4.63. The molecule has 3 rings (SSSR count). The van der Waals surface area contributed by atoms with Gasteiger partial charge in [0.05, 0.1) is 10.8 Å². The first-order valence-corrected chi connectivity index (χ1v) is 10.5. The van der Waals surface area contributed by atoms with Crippen molar-refractivity contribution in [2.45, 2.75) is 60.8 Å². The second-order valence-electron chi connectivity index (χ2n) is 9.53. The average Bonchev–Trinajstić information content (AvgIpc) is 2.69. The highest BCUT2D eigenvalue weighted by Crippen LogP contribution is 2.46. The minimum absolute atomic E-state index is 0.305. The number of nitrogen functional groups attached to an aromatic ring is 1. The van der Waals surface area contributed by atoms with Gasteiger partial charge in [0.25, 0.3) is 0 Å². The van der Waals surface area contributed by atoms with Crippen molar-refractivity contribution in [3.8, 4) is 11.1 Å². The van der Waals surface area contributed by atoms with Crippen molar-refractivity contribution in [3.05, 3.63) is 52.6 Å². The molecule has 158 valence electrons. The third-order valence-electron chi connectivity index (χ3n) is 6.65. The van der Waals surface area contributed by atoms with Crippen molar-refractivity contribution in [1.29, 1.82) is 0 Å². The molecule has 0 aliphatic heterocycles. The van der Waals surface area contributed by atoms with Crippen molar-refractivity contribution in [1.82, 2.24) is 0 Å². The Morgan fingerprint density at radius 2 is 1.43 bits per heavy atom. The Morgan fingerprint density at radius 3 is 1.97 bits per heavy atom. The predicted octanol–water partition coefficient (Wildman–Crippen LogP) is 4.97. The van der Waals surface area contributed by atoms with Crippen LogP contribution in [0.3, 0.4) is 0 Å². The van der Waals surface area contributed by atoms with E-state index >= 15 is 0 Å². The summed E-state index contributed by atoms with van der Waals surface area (Å²) in [7, 11) is 0. The van der Waals surface area contributed by atoms with Gasteiger partial charge in [-0.2, -0.15) is 0 Å². The number of rotatable bonds is 3. The fourth-order valence-corrected chi connectivity index (χ4v) is 4.63. The second-order valence-corrected chi connectivity index (χ2v) is 9.53. The van der Waals surface area contributed by atoms with Crippen LogP contribution in [0.25, 0.3) is 11.1 Å². The molecule has 0 atom stereocenters. The topological polar surface area (TPSA) is 77.2 Å². The minimum atomic E-state index is -1.20. The van der Waals surface area contributed by atoms with Gasteiger partial charge in [-0.25, -0.2) is 0 Å². The smallest absolute Gasteiger partial charge is 0.160 e. The summed E-state index contributed by atoms with van der Waals surface area (Å²) >= 11 is 0. The lowest BCUT2D eigenvalue weighted by molar-refractivity contribution is -0.157. The van der Waals surface area contributed by atoms with E-state index in [0.717, 1.165) is 33.5 Å². The Balaban J connectivity index is 2.24. The number of hydrogen-bond donors (Lipinski definition) is 1. The lowest BCUT2D eigenvalue weighted by Crippen LogP contribution is -2.56. The van der Waals surface area contributed by atoms with Crippen LogP contribution in [-0.4, -0.2) is 17.3 Å². The summed E-state index contributed by atoms with van der Waals surface area (Å²) < 4.78 is 0. The van der Waals surface area contributed by atoms with Gasteiger partial charge in [-0.15, -0.1) is 0 Å². The molecule has 4 nitrogen and oxygen atoms in total. The summed E-state index contributed by atoms with van der Waals surface area (Å²) in [6, 6.07) is 9.96. The van der Waals surface area contributed by atoms with E-state index in [2.05, 4.69) is 0 Å². The number of carbonyl (C=O) groups excluding carboxylic acids is 3. The molecule has 4 heteroatoms. The molecule has 1 aliphatic rings. The maximum atomic E-state index is 13.4. The highest BCUT2D eigenvalue weighted by molar-refractivity contribution is 6.30. The van der Waals surface area contributed by atoms with Crippen molar-refractivity contribution in [2.75, 3.05) is 5.73 Å². The fraction of sp³-hybridized carbons (Fsp3) is 0.423. The van der Waals surface area contributed by atoms with Gasteiger partial charge in [-0.05, 0) is 99.5 Å². The van der Waals surface area contributed by atoms with Gasteiger partial charge in [-0.3, -0.25) is 14.4 Å². The van der Waals surface area contributed by atoms with E-state index in [0.29, 0.717) is 12.0 Å². The number of carbonyl (C=O) groups is 3. The molecule has 0 aromatic heterocycles. The number of Topliss-reactive ketones (excluding diaryl/α,β-unsaturated/α-hetero) is 3. The number of nitrogens with two attached hydrogens (primary N) is 1. The molecule has 1 fully saturated rings. The van der Waals surface area contributed by atoms with E-state index in [1.54, 1.807) is 27.7 Å². The number of ketones is 3. The number of benzene rings is 2. The molecule has 0 spiro atoms. The molecule has 1 aliphatic carbocycles. The largest absolute Gasteiger partial charge is 0.399 e. The van der Waals surface area contributed by atoms with Gasteiger partial charge in [0, 0.05) is 5.69 Å². The molecule has 0 saturated heterocycles. The van der Waals surface area contributed by atoms with E-state index in [4.69, 9.17) is 5.73 Å². The first kappa shape index (κ1) is 21.9. The zero-order chi connectivity index (χ0) is 22.6. The highest BCUT2D eigenvalue weighted by Gasteiger charge is 2.58. The van der Waals surface area contributed by atoms with Crippen LogP contribution in [0.1, 0.15) is 62.8 Å². The lowest BCUT2D eigenvalue weighted by atomic mass is 9.57. The Bertz CT molecular complexity index is 1050. The van der Waals surface area contributed by atoms with Gasteiger partial charge in [0.15, 0.2) is 17.3 Å². The van der Waals surface area contributed by atoms with Crippen LogP contribution in [0.5, 0.6) is 0 Å². The summed E-state index contributed by atoms with van der Waals surface area (Å²) in [6.07, 6.45) is 0.696. The normalized spacial score (nSPS) is 18.7. The quantitative estimate of drug-likeness (QED) is 0.577. The third kappa shape index (κ3) is 3.19. The Labute approximate surface area is 178 Å². The monoisotopic (exact) mass is 405 g/mol. The number of aryl methyl sites for hydroxylation is 3. The number of anilines is 1. The Hall–Kier alpha value is -2.75. The second kappa shape index (κ2) is 7.19. The average molecular weight is 406 g/mol. The Morgan fingerprint density at radius 1 is 0.867 bits per heavy atom. The molecular weight excluding hydrogens is 374 g/mol. The Kier molecular flexibility index (Phi) is 5.26. The molecular formula is C26H31NO3. The van der Waals surface area contributed by atoms with E-state index < -0.39 is 16.7 Å². The van der Waals surface area contributed by atoms with Gasteiger partial charge >= 0.3 is 0 Å². The summed E-state index contributed by atoms with van der Waals surface area (Å²) in [4.78, 5) is 39.6. The van der Waals surface area contributed by atoms with Crippen LogP contribution in [-0.2, 0) is 20.8 Å². The zero-order valence-corrected chi connectivity index (χ0v) is 19.0. The van der Waals surface area contributed by atoms with Crippen molar-refractivity contribution in [3.63, 3.8) is 0 Å². The third-order valence-corrected chi connectivity index (χ3v) is 6.65. The van der Waals surface area contributed by atoms with E-state index in [1.807, 2.05) is 51.1 Å². The maximum absolute atomic E-state index is 13.4. The van der Waals surface area contributed by atoms with Crippen LogP contribution in [0.2, 0.25) is 0 Å². The SMILES string of the molecule is CCc1ccc(-c2cc(C)c(N)cc2C)cc1C1C(=O)C(C)(C)C(=O)C(C)(C)C1=O. The van der Waals surface area contributed by atoms with Gasteiger partial charge in [0.2, 0.25) is 0 Å². The van der Waals surface area contributed by atoms with Gasteiger partial charge in [0.1, 0.15) is 5.92 Å². The van der Waals surface area contributed by atoms with Crippen LogP contribution < -0.4 is 5.73 Å². The summed E-state index contributed by atoms with van der Waals surface area (Å²) in [5.74, 6) is -1.86. The first-order valence-electron chi connectivity index (χ1n) is 10.5. The minimum Gasteiger partial charge on any atom is -0.399 e. The standard InChI is InChI=1S/C26H31NO3/c1-8-16-9-10-17(18-11-15(3)20(27)12-14(18)2)13-19(16)21-22(28)25(4,5)24(30)26(6,7)23(21)29/h9-13,21H,8,27H2,1-7H3. The van der Waals surface area contributed by atoms with Gasteiger partial charge < -0.3 is 5.73 Å². The van der Waals surface area contributed by atoms with E-state index in [-0.39, 0.29) is 17.3 Å². The summed E-state index contributed by atoms with van der Waals surface area (Å²) in [5, 5.41) is 0. The maximum Gasteiger partial charge on any atom is 0.160 e. The number of hydrogen-bond acceptors (Lipinski definition) is 4. The van der Waals surface area contributed by atoms with Crippen LogP contribution in [0, 0.1) is 24.7 Å². The molecule has 0 amide bonds. The predicted molar refractivity (Wildman–Crippen MR) is 120 cm³/mol. The van der Waals surface area contributed by atoms with Crippen LogP contribution in [0.15, 0.2) is 30.3 Å². The molecule has 2 aromatic carbocycles. The van der Waals surface area contributed by atoms with Crippen molar-refractivity contribution < 1.29 is 14.4 Å². The summed E-state index contributed by atoms with van der Waals surface area (Å²) in [6.45, 7) is 12.5.